The lowest BCUT2D eigenvalue weighted by Gasteiger charge is -2.12. The maximum atomic E-state index is 11.6. The van der Waals surface area contributed by atoms with E-state index in [4.69, 9.17) is 23.7 Å². The molecule has 0 aromatic heterocycles. The largest absolute Gasteiger partial charge is 0.463 e. The zero-order valence-corrected chi connectivity index (χ0v) is 17.5. The van der Waals surface area contributed by atoms with Gasteiger partial charge in [-0.15, -0.1) is 0 Å². The molecule has 27 heavy (non-hydrogen) atoms. The van der Waals surface area contributed by atoms with E-state index in [0.29, 0.717) is 39.6 Å². The van der Waals surface area contributed by atoms with Crippen LogP contribution in [0, 0.1) is 11.8 Å². The topological polar surface area (TPSA) is 80.3 Å². The Morgan fingerprint density at radius 3 is 1.04 bits per heavy atom. The first-order chi connectivity index (χ1) is 13.1. The Bertz CT molecular complexity index is 331. The fourth-order valence-electron chi connectivity index (χ4n) is 2.42. The molecule has 7 heteroatoms. The van der Waals surface area contributed by atoms with Crippen LogP contribution in [0.5, 0.6) is 0 Å². The summed E-state index contributed by atoms with van der Waals surface area (Å²) in [4.78, 5) is 23.3. The smallest absolute Gasteiger partial charge is 0.308 e. The van der Waals surface area contributed by atoms with Gasteiger partial charge in [-0.2, -0.15) is 0 Å². The summed E-state index contributed by atoms with van der Waals surface area (Å²) in [6.07, 6.45) is 3.19. The van der Waals surface area contributed by atoms with Gasteiger partial charge >= 0.3 is 11.9 Å². The summed E-state index contributed by atoms with van der Waals surface area (Å²) in [5.41, 5.74) is 0. The summed E-state index contributed by atoms with van der Waals surface area (Å²) in [7, 11) is 0. The number of carbonyl (C=O) groups excluding carboxylic acids is 2. The molecule has 0 aliphatic rings. The van der Waals surface area contributed by atoms with E-state index in [9.17, 15) is 9.59 Å². The van der Waals surface area contributed by atoms with E-state index >= 15 is 0 Å². The highest BCUT2D eigenvalue weighted by Crippen LogP contribution is 2.09. The van der Waals surface area contributed by atoms with Gasteiger partial charge in [-0.25, -0.2) is 0 Å². The zero-order chi connectivity index (χ0) is 20.3. The minimum absolute atomic E-state index is 0.0171. The van der Waals surface area contributed by atoms with E-state index in [0.717, 1.165) is 25.7 Å². The van der Waals surface area contributed by atoms with E-state index in [-0.39, 0.29) is 37.0 Å². The van der Waals surface area contributed by atoms with Gasteiger partial charge in [-0.05, 0) is 25.7 Å². The Labute approximate surface area is 164 Å². The molecule has 0 aromatic rings. The van der Waals surface area contributed by atoms with E-state index in [1.54, 1.807) is 0 Å². The van der Waals surface area contributed by atoms with Crippen LogP contribution in [0.2, 0.25) is 0 Å². The lowest BCUT2D eigenvalue weighted by molar-refractivity contribution is -0.151. The van der Waals surface area contributed by atoms with Crippen molar-refractivity contribution in [3.05, 3.63) is 0 Å². The Morgan fingerprint density at radius 1 is 0.519 bits per heavy atom. The molecule has 0 N–H and O–H groups in total. The van der Waals surface area contributed by atoms with Crippen molar-refractivity contribution in [1.29, 1.82) is 0 Å². The number of esters is 2. The molecule has 160 valence electrons. The third-order valence-corrected chi connectivity index (χ3v) is 4.33. The SMILES string of the molecule is CCC(CC)C(=O)OCCOCCOCCOCCOC(=O)C(CC)CC. The van der Waals surface area contributed by atoms with Crippen molar-refractivity contribution in [1.82, 2.24) is 0 Å². The summed E-state index contributed by atoms with van der Waals surface area (Å²) < 4.78 is 26.4. The highest BCUT2D eigenvalue weighted by atomic mass is 16.6. The summed E-state index contributed by atoms with van der Waals surface area (Å²) >= 11 is 0. The quantitative estimate of drug-likeness (QED) is 0.263. The summed E-state index contributed by atoms with van der Waals surface area (Å²) in [6.45, 7) is 11.0. The molecule has 0 bridgehead atoms. The van der Waals surface area contributed by atoms with Crippen molar-refractivity contribution >= 4 is 11.9 Å². The lowest BCUT2D eigenvalue weighted by atomic mass is 10.0. The van der Waals surface area contributed by atoms with Crippen LogP contribution in [0.3, 0.4) is 0 Å². The highest BCUT2D eigenvalue weighted by molar-refractivity contribution is 5.72. The van der Waals surface area contributed by atoms with Gasteiger partial charge in [0.05, 0.1) is 51.5 Å². The number of ether oxygens (including phenoxy) is 5. The second-order valence-corrected chi connectivity index (χ2v) is 6.20. The standard InChI is InChI=1S/C20H38O7/c1-5-17(6-2)19(21)26-15-13-24-11-9-23-10-12-25-14-16-27-20(22)18(7-3)8-4/h17-18H,5-16H2,1-4H3. The van der Waals surface area contributed by atoms with Crippen molar-refractivity contribution in [3.63, 3.8) is 0 Å². The van der Waals surface area contributed by atoms with Gasteiger partial charge in [0, 0.05) is 0 Å². The second kappa shape index (κ2) is 18.2. The minimum atomic E-state index is -0.150. The van der Waals surface area contributed by atoms with Gasteiger partial charge < -0.3 is 23.7 Å². The number of hydrogen-bond donors (Lipinski definition) is 0. The Morgan fingerprint density at radius 2 is 0.778 bits per heavy atom. The molecule has 0 heterocycles. The van der Waals surface area contributed by atoms with Crippen LogP contribution in [-0.4, -0.2) is 64.8 Å². The predicted molar refractivity (Wildman–Crippen MR) is 103 cm³/mol. The first-order valence-electron chi connectivity index (χ1n) is 10.2. The van der Waals surface area contributed by atoms with Crippen molar-refractivity contribution < 1.29 is 33.3 Å². The fourth-order valence-corrected chi connectivity index (χ4v) is 2.42. The van der Waals surface area contributed by atoms with Crippen LogP contribution < -0.4 is 0 Å². The Hall–Kier alpha value is -1.18. The molecule has 0 saturated carbocycles. The first kappa shape index (κ1) is 25.8. The molecule has 0 radical (unpaired) electrons. The van der Waals surface area contributed by atoms with Crippen molar-refractivity contribution in [2.45, 2.75) is 53.4 Å². The van der Waals surface area contributed by atoms with Crippen molar-refractivity contribution in [3.8, 4) is 0 Å². The van der Waals surface area contributed by atoms with Gasteiger partial charge in [-0.1, -0.05) is 27.7 Å². The molecule has 0 fully saturated rings. The van der Waals surface area contributed by atoms with Gasteiger partial charge in [0.15, 0.2) is 0 Å². The van der Waals surface area contributed by atoms with Crippen LogP contribution in [0.25, 0.3) is 0 Å². The van der Waals surface area contributed by atoms with Crippen LogP contribution in [0.4, 0.5) is 0 Å². The zero-order valence-electron chi connectivity index (χ0n) is 17.5. The molecular weight excluding hydrogens is 352 g/mol. The first-order valence-corrected chi connectivity index (χ1v) is 10.2. The third kappa shape index (κ3) is 13.6. The van der Waals surface area contributed by atoms with E-state index in [2.05, 4.69) is 0 Å². The molecule has 0 aliphatic heterocycles. The molecule has 0 amide bonds. The van der Waals surface area contributed by atoms with Crippen LogP contribution in [0.15, 0.2) is 0 Å². The molecule has 0 unspecified atom stereocenters. The third-order valence-electron chi connectivity index (χ3n) is 4.33. The van der Waals surface area contributed by atoms with Crippen LogP contribution in [0.1, 0.15) is 53.4 Å². The second-order valence-electron chi connectivity index (χ2n) is 6.20. The Kier molecular flexibility index (Phi) is 17.4. The molecule has 0 atom stereocenters. The predicted octanol–water partition coefficient (Wildman–Crippen LogP) is 3.00. The molecule has 0 rings (SSSR count). The van der Waals surface area contributed by atoms with Gasteiger partial charge in [0.2, 0.25) is 0 Å². The molecule has 0 aromatic carbocycles. The van der Waals surface area contributed by atoms with Gasteiger partial charge in [0.25, 0.3) is 0 Å². The number of rotatable bonds is 18. The van der Waals surface area contributed by atoms with Crippen LogP contribution in [-0.2, 0) is 33.3 Å². The summed E-state index contributed by atoms with van der Waals surface area (Å²) in [6, 6.07) is 0. The number of carbonyl (C=O) groups is 2. The summed E-state index contributed by atoms with van der Waals surface area (Å²) in [5.74, 6) is -0.335. The molecule has 0 spiro atoms. The molecule has 0 saturated heterocycles. The van der Waals surface area contributed by atoms with Crippen molar-refractivity contribution in [2.75, 3.05) is 52.9 Å². The van der Waals surface area contributed by atoms with Crippen LogP contribution >= 0.6 is 0 Å². The van der Waals surface area contributed by atoms with E-state index < -0.39 is 0 Å². The fraction of sp³-hybridized carbons (Fsp3) is 0.900. The average Bonchev–Trinajstić information content (AvgIpc) is 2.67. The Balaban J connectivity index is 3.34. The van der Waals surface area contributed by atoms with Gasteiger partial charge in [0.1, 0.15) is 13.2 Å². The molecule has 7 nitrogen and oxygen atoms in total. The number of hydrogen-bond acceptors (Lipinski definition) is 7. The maximum Gasteiger partial charge on any atom is 0.308 e. The van der Waals surface area contributed by atoms with E-state index in [1.807, 2.05) is 27.7 Å². The highest BCUT2D eigenvalue weighted by Gasteiger charge is 2.15. The lowest BCUT2D eigenvalue weighted by Crippen LogP contribution is -2.20. The maximum absolute atomic E-state index is 11.6. The van der Waals surface area contributed by atoms with Gasteiger partial charge in [-0.3, -0.25) is 9.59 Å². The normalized spacial score (nSPS) is 11.2. The summed E-state index contributed by atoms with van der Waals surface area (Å²) in [5, 5.41) is 0. The van der Waals surface area contributed by atoms with Crippen molar-refractivity contribution in [2.24, 2.45) is 11.8 Å². The minimum Gasteiger partial charge on any atom is -0.463 e. The molecule has 0 aliphatic carbocycles. The van der Waals surface area contributed by atoms with E-state index in [1.165, 1.54) is 0 Å². The molecular formula is C20H38O7. The monoisotopic (exact) mass is 390 g/mol. The average molecular weight is 391 g/mol.